The summed E-state index contributed by atoms with van der Waals surface area (Å²) in [5.41, 5.74) is 1.15. The second kappa shape index (κ2) is 12.3. The molecule has 0 saturated heterocycles. The fourth-order valence-corrected chi connectivity index (χ4v) is 4.10. The van der Waals surface area contributed by atoms with Gasteiger partial charge in [0.25, 0.3) is 5.91 Å². The third kappa shape index (κ3) is 6.75. The van der Waals surface area contributed by atoms with Crippen molar-refractivity contribution in [3.63, 3.8) is 0 Å². The van der Waals surface area contributed by atoms with Gasteiger partial charge in [-0.25, -0.2) is 0 Å². The predicted molar refractivity (Wildman–Crippen MR) is 136 cm³/mol. The Kier molecular flexibility index (Phi) is 9.13. The highest BCUT2D eigenvalue weighted by atomic mass is 32.2. The Balaban J connectivity index is 1.65. The summed E-state index contributed by atoms with van der Waals surface area (Å²) in [5, 5.41) is 15.1. The van der Waals surface area contributed by atoms with Crippen LogP contribution in [-0.4, -0.2) is 46.0 Å². The van der Waals surface area contributed by atoms with Gasteiger partial charge in [-0.15, -0.1) is 10.2 Å². The molecule has 0 bridgehead atoms. The van der Waals surface area contributed by atoms with Crippen molar-refractivity contribution in [2.75, 3.05) is 24.8 Å². The lowest BCUT2D eigenvalue weighted by Crippen LogP contribution is -2.33. The predicted octanol–water partition coefficient (Wildman–Crippen LogP) is 4.08. The molecule has 3 aromatic rings. The number of methoxy groups -OCH3 is 1. The molecule has 0 aliphatic rings. The fraction of sp³-hybridized carbons (Fsp3) is 0.360. The average Bonchev–Trinajstić information content (AvgIpc) is 3.22. The summed E-state index contributed by atoms with van der Waals surface area (Å²) in [4.78, 5) is 25.4. The zero-order valence-corrected chi connectivity index (χ0v) is 21.4. The summed E-state index contributed by atoms with van der Waals surface area (Å²) >= 11 is 1.27. The number of carbonyl (C=O) groups excluding carboxylic acids is 2. The van der Waals surface area contributed by atoms with Crippen LogP contribution in [0.5, 0.6) is 11.5 Å². The molecule has 0 fully saturated rings. The van der Waals surface area contributed by atoms with Crippen molar-refractivity contribution in [3.8, 4) is 11.5 Å². The minimum absolute atomic E-state index is 0.0660. The topological polar surface area (TPSA) is 107 Å². The monoisotopic (exact) mass is 497 g/mol. The molecule has 35 heavy (non-hydrogen) atoms. The number of hydrogen-bond donors (Lipinski definition) is 2. The molecule has 10 heteroatoms. The first-order chi connectivity index (χ1) is 16.8. The summed E-state index contributed by atoms with van der Waals surface area (Å²) in [7, 11) is 3.41. The molecule has 186 valence electrons. The van der Waals surface area contributed by atoms with Gasteiger partial charge in [0.05, 0.1) is 31.2 Å². The zero-order valence-electron chi connectivity index (χ0n) is 20.6. The second-order valence-electron chi connectivity index (χ2n) is 8.09. The number of hydrogen-bond acceptors (Lipinski definition) is 7. The molecule has 2 N–H and O–H groups in total. The van der Waals surface area contributed by atoms with Gasteiger partial charge in [0.1, 0.15) is 11.5 Å². The van der Waals surface area contributed by atoms with E-state index in [9.17, 15) is 9.59 Å². The van der Waals surface area contributed by atoms with Gasteiger partial charge >= 0.3 is 0 Å². The Hall–Kier alpha value is -3.53. The maximum absolute atomic E-state index is 12.8. The van der Waals surface area contributed by atoms with E-state index in [1.54, 1.807) is 37.4 Å². The van der Waals surface area contributed by atoms with Crippen LogP contribution in [0.25, 0.3) is 0 Å². The average molecular weight is 498 g/mol. The molecule has 2 amide bonds. The van der Waals surface area contributed by atoms with Gasteiger partial charge in [-0.2, -0.15) is 0 Å². The molecule has 9 nitrogen and oxygen atoms in total. The van der Waals surface area contributed by atoms with Crippen molar-refractivity contribution < 1.29 is 19.1 Å². The Morgan fingerprint density at radius 3 is 2.46 bits per heavy atom. The summed E-state index contributed by atoms with van der Waals surface area (Å²) in [6.45, 7) is 6.41. The van der Waals surface area contributed by atoms with Crippen LogP contribution in [0.1, 0.15) is 43.0 Å². The molecule has 1 aromatic heterocycles. The van der Waals surface area contributed by atoms with Crippen LogP contribution in [0.2, 0.25) is 0 Å². The van der Waals surface area contributed by atoms with Gasteiger partial charge in [0.15, 0.2) is 11.0 Å². The van der Waals surface area contributed by atoms with Crippen LogP contribution >= 0.6 is 11.8 Å². The lowest BCUT2D eigenvalue weighted by atomic mass is 10.0. The van der Waals surface area contributed by atoms with E-state index in [1.807, 2.05) is 50.6 Å². The third-order valence-corrected chi connectivity index (χ3v) is 6.27. The largest absolute Gasteiger partial charge is 0.497 e. The first-order valence-corrected chi connectivity index (χ1v) is 12.3. The van der Waals surface area contributed by atoms with E-state index in [0.717, 1.165) is 0 Å². The lowest BCUT2D eigenvalue weighted by molar-refractivity contribution is -0.113. The van der Waals surface area contributed by atoms with Crippen molar-refractivity contribution in [3.05, 3.63) is 59.9 Å². The molecular weight excluding hydrogens is 466 g/mol. The van der Waals surface area contributed by atoms with Crippen LogP contribution in [0.4, 0.5) is 5.69 Å². The second-order valence-corrected chi connectivity index (χ2v) is 9.03. The van der Waals surface area contributed by atoms with Crippen molar-refractivity contribution in [2.24, 2.45) is 13.0 Å². The lowest BCUT2D eigenvalue weighted by Gasteiger charge is -2.21. The number of anilines is 1. The molecule has 2 aromatic carbocycles. The van der Waals surface area contributed by atoms with Gasteiger partial charge in [-0.05, 0) is 49.2 Å². The Morgan fingerprint density at radius 2 is 1.80 bits per heavy atom. The number of nitrogens with one attached hydrogen (secondary N) is 2. The highest BCUT2D eigenvalue weighted by molar-refractivity contribution is 7.99. The van der Waals surface area contributed by atoms with Crippen molar-refractivity contribution in [1.29, 1.82) is 0 Å². The third-order valence-electron chi connectivity index (χ3n) is 5.25. The minimum Gasteiger partial charge on any atom is -0.497 e. The number of aromatic nitrogens is 3. The number of para-hydroxylation sites is 2. The molecule has 1 atom stereocenters. The molecule has 0 aliphatic carbocycles. The van der Waals surface area contributed by atoms with E-state index in [4.69, 9.17) is 9.47 Å². The number of nitrogens with zero attached hydrogens (tertiary/aromatic N) is 3. The molecule has 0 saturated carbocycles. The Morgan fingerprint density at radius 1 is 1.09 bits per heavy atom. The van der Waals surface area contributed by atoms with Gasteiger partial charge in [-0.1, -0.05) is 37.7 Å². The van der Waals surface area contributed by atoms with Crippen molar-refractivity contribution in [1.82, 2.24) is 20.1 Å². The Bertz CT molecular complexity index is 1150. The van der Waals surface area contributed by atoms with Crippen LogP contribution in [0.3, 0.4) is 0 Å². The Labute approximate surface area is 209 Å². The number of amides is 2. The molecule has 0 radical (unpaired) electrons. The molecule has 3 rings (SSSR count). The molecular formula is C25H31N5O4S. The number of benzene rings is 2. The molecule has 0 spiro atoms. The van der Waals surface area contributed by atoms with Crippen molar-refractivity contribution in [2.45, 2.75) is 32.0 Å². The molecule has 1 heterocycles. The van der Waals surface area contributed by atoms with Gasteiger partial charge in [-0.3, -0.25) is 9.59 Å². The number of carbonyl (C=O) groups is 2. The van der Waals surface area contributed by atoms with Crippen LogP contribution in [-0.2, 0) is 11.8 Å². The van der Waals surface area contributed by atoms with Crippen LogP contribution < -0.4 is 20.1 Å². The fourth-order valence-electron chi connectivity index (χ4n) is 3.39. The van der Waals surface area contributed by atoms with E-state index >= 15 is 0 Å². The van der Waals surface area contributed by atoms with Crippen molar-refractivity contribution >= 4 is 29.3 Å². The highest BCUT2D eigenvalue weighted by Crippen LogP contribution is 2.26. The van der Waals surface area contributed by atoms with Gasteiger partial charge < -0.3 is 24.7 Å². The normalized spacial score (nSPS) is 11.7. The minimum atomic E-state index is -0.358. The summed E-state index contributed by atoms with van der Waals surface area (Å²) in [6.07, 6.45) is 0. The summed E-state index contributed by atoms with van der Waals surface area (Å²) < 4.78 is 12.5. The quantitative estimate of drug-likeness (QED) is 0.384. The van der Waals surface area contributed by atoms with Gasteiger partial charge in [0.2, 0.25) is 5.91 Å². The number of ether oxygens (including phenoxy) is 2. The molecule has 0 unspecified atom stereocenters. The van der Waals surface area contributed by atoms with E-state index in [2.05, 4.69) is 20.8 Å². The SMILES string of the molecule is CCOc1ccccc1NC(=O)CSc1nnc([C@H](NC(=O)c2ccc(OC)cc2)C(C)C)n1C. The first-order valence-electron chi connectivity index (χ1n) is 11.3. The van der Waals surface area contributed by atoms with Crippen LogP contribution in [0.15, 0.2) is 53.7 Å². The summed E-state index contributed by atoms with van der Waals surface area (Å²) in [6, 6.07) is 13.9. The zero-order chi connectivity index (χ0) is 25.4. The van der Waals surface area contributed by atoms with E-state index in [1.165, 1.54) is 11.8 Å². The van der Waals surface area contributed by atoms with Gasteiger partial charge in [0, 0.05) is 12.6 Å². The van der Waals surface area contributed by atoms with E-state index < -0.39 is 0 Å². The standard InChI is InChI=1S/C25H31N5O4S/c1-6-34-20-10-8-7-9-19(20)26-21(31)15-35-25-29-28-23(30(25)4)22(16(2)3)27-24(32)17-11-13-18(33-5)14-12-17/h7-14,16,22H,6,15H2,1-5H3,(H,26,31)(H,27,32)/t22-/m1/s1. The number of thioether (sulfide) groups is 1. The maximum Gasteiger partial charge on any atom is 0.251 e. The van der Waals surface area contributed by atoms with E-state index in [0.29, 0.717) is 40.3 Å². The van der Waals surface area contributed by atoms with E-state index in [-0.39, 0.29) is 29.5 Å². The highest BCUT2D eigenvalue weighted by Gasteiger charge is 2.25. The maximum atomic E-state index is 12.8. The first kappa shape index (κ1) is 26.1. The summed E-state index contributed by atoms with van der Waals surface area (Å²) in [5.74, 6) is 1.75. The molecule has 0 aliphatic heterocycles. The van der Waals surface area contributed by atoms with Crippen LogP contribution in [0, 0.1) is 5.92 Å². The number of rotatable bonds is 11. The smallest absolute Gasteiger partial charge is 0.251 e.